The van der Waals surface area contributed by atoms with Crippen molar-refractivity contribution in [1.82, 2.24) is 10.3 Å². The van der Waals surface area contributed by atoms with Gasteiger partial charge in [-0.25, -0.2) is 4.98 Å². The predicted octanol–water partition coefficient (Wildman–Crippen LogP) is 2.10. The summed E-state index contributed by atoms with van der Waals surface area (Å²) >= 11 is 0. The minimum Gasteiger partial charge on any atom is -0.494 e. The van der Waals surface area contributed by atoms with E-state index in [1.807, 2.05) is 44.2 Å². The van der Waals surface area contributed by atoms with E-state index < -0.39 is 0 Å². The summed E-state index contributed by atoms with van der Waals surface area (Å²) in [5.41, 5.74) is 1.49. The van der Waals surface area contributed by atoms with E-state index in [1.54, 1.807) is 7.11 Å². The highest BCUT2D eigenvalue weighted by Crippen LogP contribution is 2.23. The van der Waals surface area contributed by atoms with E-state index in [-0.39, 0.29) is 12.1 Å². The first kappa shape index (κ1) is 13.8. The molecule has 19 heavy (non-hydrogen) atoms. The molecule has 0 radical (unpaired) electrons. The second-order valence-corrected chi connectivity index (χ2v) is 5.23. The van der Waals surface area contributed by atoms with Crippen LogP contribution in [0.3, 0.4) is 0 Å². The molecule has 4 heteroatoms. The SMILES string of the molecule is COc1cccc2ccc(CNC(C)(C)CO)nc12. The number of nitrogens with one attached hydrogen (secondary N) is 1. The molecular weight excluding hydrogens is 240 g/mol. The zero-order valence-corrected chi connectivity index (χ0v) is 11.6. The van der Waals surface area contributed by atoms with Gasteiger partial charge in [0.25, 0.3) is 0 Å². The number of aliphatic hydroxyl groups excluding tert-OH is 1. The maximum absolute atomic E-state index is 9.22. The van der Waals surface area contributed by atoms with Gasteiger partial charge in [-0.05, 0) is 26.0 Å². The average Bonchev–Trinajstić information content (AvgIpc) is 2.44. The van der Waals surface area contributed by atoms with Gasteiger partial charge in [0.15, 0.2) is 0 Å². The molecule has 0 unspecified atom stereocenters. The van der Waals surface area contributed by atoms with Crippen molar-refractivity contribution in [2.75, 3.05) is 13.7 Å². The smallest absolute Gasteiger partial charge is 0.145 e. The normalized spacial score (nSPS) is 11.8. The molecule has 0 bridgehead atoms. The van der Waals surface area contributed by atoms with Crippen LogP contribution in [0.1, 0.15) is 19.5 Å². The molecule has 0 spiro atoms. The molecule has 1 aromatic heterocycles. The predicted molar refractivity (Wildman–Crippen MR) is 76.3 cm³/mol. The number of methoxy groups -OCH3 is 1. The van der Waals surface area contributed by atoms with Gasteiger partial charge in [-0.2, -0.15) is 0 Å². The van der Waals surface area contributed by atoms with E-state index in [0.717, 1.165) is 22.3 Å². The van der Waals surface area contributed by atoms with Crippen molar-refractivity contribution in [2.45, 2.75) is 25.9 Å². The molecule has 0 aliphatic rings. The van der Waals surface area contributed by atoms with Crippen LogP contribution in [0.5, 0.6) is 5.75 Å². The molecule has 2 N–H and O–H groups in total. The number of hydrogen-bond donors (Lipinski definition) is 2. The number of para-hydroxylation sites is 1. The zero-order chi connectivity index (χ0) is 13.9. The van der Waals surface area contributed by atoms with Crippen molar-refractivity contribution in [3.8, 4) is 5.75 Å². The first-order valence-corrected chi connectivity index (χ1v) is 6.34. The number of aromatic nitrogens is 1. The third-order valence-corrected chi connectivity index (χ3v) is 3.10. The highest BCUT2D eigenvalue weighted by Gasteiger charge is 2.15. The van der Waals surface area contributed by atoms with Crippen LogP contribution in [-0.2, 0) is 6.54 Å². The minimum atomic E-state index is -0.308. The van der Waals surface area contributed by atoms with Crippen molar-refractivity contribution in [1.29, 1.82) is 0 Å². The maximum atomic E-state index is 9.22. The topological polar surface area (TPSA) is 54.4 Å². The third-order valence-electron chi connectivity index (χ3n) is 3.10. The Kier molecular flexibility index (Phi) is 4.02. The van der Waals surface area contributed by atoms with Gasteiger partial charge in [0.1, 0.15) is 11.3 Å². The second-order valence-electron chi connectivity index (χ2n) is 5.23. The van der Waals surface area contributed by atoms with Crippen molar-refractivity contribution >= 4 is 10.9 Å². The molecule has 0 saturated carbocycles. The van der Waals surface area contributed by atoms with Gasteiger partial charge in [0, 0.05) is 17.5 Å². The molecule has 0 atom stereocenters. The Morgan fingerprint density at radius 1 is 1.26 bits per heavy atom. The number of fused-ring (bicyclic) bond motifs is 1. The fraction of sp³-hybridized carbons (Fsp3) is 0.400. The average molecular weight is 260 g/mol. The van der Waals surface area contributed by atoms with E-state index in [9.17, 15) is 5.11 Å². The van der Waals surface area contributed by atoms with E-state index in [0.29, 0.717) is 6.54 Å². The molecule has 0 fully saturated rings. The fourth-order valence-corrected chi connectivity index (χ4v) is 1.81. The number of hydrogen-bond acceptors (Lipinski definition) is 4. The summed E-state index contributed by atoms with van der Waals surface area (Å²) in [6.45, 7) is 4.61. The first-order valence-electron chi connectivity index (χ1n) is 6.34. The lowest BCUT2D eigenvalue weighted by molar-refractivity contribution is 0.187. The molecule has 0 amide bonds. The zero-order valence-electron chi connectivity index (χ0n) is 11.6. The van der Waals surface area contributed by atoms with Gasteiger partial charge in [0.2, 0.25) is 0 Å². The third kappa shape index (κ3) is 3.22. The molecule has 1 heterocycles. The molecule has 4 nitrogen and oxygen atoms in total. The Morgan fingerprint density at radius 2 is 2.05 bits per heavy atom. The van der Waals surface area contributed by atoms with Gasteiger partial charge in [-0.1, -0.05) is 18.2 Å². The van der Waals surface area contributed by atoms with Crippen molar-refractivity contribution in [3.63, 3.8) is 0 Å². The number of nitrogens with zero attached hydrogens (tertiary/aromatic N) is 1. The number of rotatable bonds is 5. The van der Waals surface area contributed by atoms with E-state index in [1.165, 1.54) is 0 Å². The van der Waals surface area contributed by atoms with Crippen LogP contribution in [0.25, 0.3) is 10.9 Å². The molecular formula is C15H20N2O2. The largest absolute Gasteiger partial charge is 0.494 e. The summed E-state index contributed by atoms with van der Waals surface area (Å²) in [5, 5.41) is 13.6. The molecule has 0 saturated heterocycles. The van der Waals surface area contributed by atoms with Gasteiger partial charge in [0.05, 0.1) is 19.4 Å². The van der Waals surface area contributed by atoms with Crippen LogP contribution >= 0.6 is 0 Å². The summed E-state index contributed by atoms with van der Waals surface area (Å²) in [7, 11) is 1.65. The number of aliphatic hydroxyl groups is 1. The minimum absolute atomic E-state index is 0.0872. The summed E-state index contributed by atoms with van der Waals surface area (Å²) < 4.78 is 5.33. The van der Waals surface area contributed by atoms with Crippen LogP contribution in [0.2, 0.25) is 0 Å². The van der Waals surface area contributed by atoms with Gasteiger partial charge < -0.3 is 15.2 Å². The first-order chi connectivity index (χ1) is 9.05. The Labute approximate surface area is 113 Å². The molecule has 2 rings (SSSR count). The highest BCUT2D eigenvalue weighted by molar-refractivity contribution is 5.84. The van der Waals surface area contributed by atoms with Crippen LogP contribution in [0.15, 0.2) is 30.3 Å². The Balaban J connectivity index is 2.26. The molecule has 1 aromatic carbocycles. The van der Waals surface area contributed by atoms with Crippen LogP contribution < -0.4 is 10.1 Å². The molecule has 0 aliphatic heterocycles. The standard InChI is InChI=1S/C15H20N2O2/c1-15(2,10-18)16-9-12-8-7-11-5-4-6-13(19-3)14(11)17-12/h4-8,16,18H,9-10H2,1-3H3. The van der Waals surface area contributed by atoms with Crippen LogP contribution in [0.4, 0.5) is 0 Å². The van der Waals surface area contributed by atoms with Crippen LogP contribution in [0, 0.1) is 0 Å². The lowest BCUT2D eigenvalue weighted by Crippen LogP contribution is -2.42. The van der Waals surface area contributed by atoms with Crippen molar-refractivity contribution in [2.24, 2.45) is 0 Å². The Hall–Kier alpha value is -1.65. The van der Waals surface area contributed by atoms with Crippen LogP contribution in [-0.4, -0.2) is 29.3 Å². The summed E-state index contributed by atoms with van der Waals surface area (Å²) in [6, 6.07) is 9.90. The summed E-state index contributed by atoms with van der Waals surface area (Å²) in [6.07, 6.45) is 0. The summed E-state index contributed by atoms with van der Waals surface area (Å²) in [5.74, 6) is 0.778. The highest BCUT2D eigenvalue weighted by atomic mass is 16.5. The van der Waals surface area contributed by atoms with Gasteiger partial charge in [-0.3, -0.25) is 0 Å². The lowest BCUT2D eigenvalue weighted by atomic mass is 10.1. The van der Waals surface area contributed by atoms with Gasteiger partial charge >= 0.3 is 0 Å². The molecule has 2 aromatic rings. The second kappa shape index (κ2) is 5.55. The summed E-state index contributed by atoms with van der Waals surface area (Å²) in [4.78, 5) is 4.61. The number of pyridine rings is 1. The fourth-order valence-electron chi connectivity index (χ4n) is 1.81. The van der Waals surface area contributed by atoms with Crippen molar-refractivity contribution in [3.05, 3.63) is 36.0 Å². The van der Waals surface area contributed by atoms with Crippen molar-refractivity contribution < 1.29 is 9.84 Å². The number of benzene rings is 1. The number of ether oxygens (including phenoxy) is 1. The Morgan fingerprint density at radius 3 is 2.74 bits per heavy atom. The maximum Gasteiger partial charge on any atom is 0.145 e. The lowest BCUT2D eigenvalue weighted by Gasteiger charge is -2.23. The monoisotopic (exact) mass is 260 g/mol. The quantitative estimate of drug-likeness (QED) is 0.864. The van der Waals surface area contributed by atoms with E-state index >= 15 is 0 Å². The van der Waals surface area contributed by atoms with E-state index in [4.69, 9.17) is 4.74 Å². The van der Waals surface area contributed by atoms with E-state index in [2.05, 4.69) is 10.3 Å². The molecule has 0 aliphatic carbocycles. The Bertz CT molecular complexity index is 567. The van der Waals surface area contributed by atoms with Gasteiger partial charge in [-0.15, -0.1) is 0 Å². The molecule has 102 valence electrons.